The number of amides is 1. The summed E-state index contributed by atoms with van der Waals surface area (Å²) in [5.41, 5.74) is 5.69. The highest BCUT2D eigenvalue weighted by molar-refractivity contribution is 8.15. The number of carbonyl (C=O) groups is 3. The second-order valence-corrected chi connectivity index (χ2v) is 9.93. The zero-order valence-corrected chi connectivity index (χ0v) is 19.1. The van der Waals surface area contributed by atoms with Gasteiger partial charge in [-0.05, 0) is 42.8 Å². The van der Waals surface area contributed by atoms with Gasteiger partial charge in [0, 0.05) is 49.5 Å². The summed E-state index contributed by atoms with van der Waals surface area (Å²) in [5.74, 6) is -0.986. The molecule has 9 heteroatoms. The summed E-state index contributed by atoms with van der Waals surface area (Å²) >= 11 is 1.35. The minimum atomic E-state index is -1.01. The first-order valence-corrected chi connectivity index (χ1v) is 11.7. The molecule has 1 aromatic rings. The first-order chi connectivity index (χ1) is 15.3. The smallest absolute Gasteiger partial charge is 0.335 e. The Morgan fingerprint density at radius 2 is 2.00 bits per heavy atom. The number of likely N-dealkylation sites (tertiary alicyclic amines) is 2. The number of thioether (sulfide) groups is 1. The highest BCUT2D eigenvalue weighted by Crippen LogP contribution is 2.37. The van der Waals surface area contributed by atoms with E-state index in [1.54, 1.807) is 18.2 Å². The van der Waals surface area contributed by atoms with E-state index in [4.69, 9.17) is 0 Å². The number of nitrogens with zero attached hydrogens (tertiary/aromatic N) is 3. The van der Waals surface area contributed by atoms with Crippen LogP contribution in [0.4, 0.5) is 0 Å². The predicted octanol–water partition coefficient (Wildman–Crippen LogP) is 2.14. The van der Waals surface area contributed by atoms with Gasteiger partial charge in [-0.3, -0.25) is 14.5 Å². The lowest BCUT2D eigenvalue weighted by molar-refractivity contribution is -0.126. The fourth-order valence-corrected chi connectivity index (χ4v) is 5.63. The van der Waals surface area contributed by atoms with Crippen LogP contribution in [0.3, 0.4) is 0 Å². The van der Waals surface area contributed by atoms with Gasteiger partial charge in [0.2, 0.25) is 5.12 Å². The molecule has 2 saturated heterocycles. The van der Waals surface area contributed by atoms with Gasteiger partial charge in [0.15, 0.2) is 0 Å². The van der Waals surface area contributed by atoms with Crippen LogP contribution in [0.5, 0.6) is 0 Å². The molecular formula is C23H28N4O4S. The summed E-state index contributed by atoms with van der Waals surface area (Å²) in [6, 6.07) is 5.79. The average Bonchev–Trinajstić information content (AvgIpc) is 3.13. The largest absolute Gasteiger partial charge is 0.478 e. The van der Waals surface area contributed by atoms with Crippen LogP contribution in [0.1, 0.15) is 41.7 Å². The monoisotopic (exact) mass is 456 g/mol. The Morgan fingerprint density at radius 1 is 1.25 bits per heavy atom. The van der Waals surface area contributed by atoms with Crippen LogP contribution in [0.15, 0.2) is 41.0 Å². The van der Waals surface area contributed by atoms with E-state index in [2.05, 4.69) is 29.4 Å². The Hall–Kier alpha value is -2.49. The van der Waals surface area contributed by atoms with Gasteiger partial charge in [-0.1, -0.05) is 30.8 Å². The van der Waals surface area contributed by atoms with Gasteiger partial charge < -0.3 is 10.0 Å². The third kappa shape index (κ3) is 4.95. The summed E-state index contributed by atoms with van der Waals surface area (Å²) in [6.07, 6.45) is 3.29. The highest BCUT2D eigenvalue weighted by Gasteiger charge is 2.37. The number of aromatic carboxylic acids is 1. The molecule has 4 rings (SSSR count). The van der Waals surface area contributed by atoms with Crippen molar-refractivity contribution in [2.24, 2.45) is 11.0 Å². The molecular weight excluding hydrogens is 428 g/mol. The van der Waals surface area contributed by atoms with Crippen molar-refractivity contribution in [3.05, 3.63) is 47.0 Å². The molecule has 3 aliphatic heterocycles. The maximum Gasteiger partial charge on any atom is 0.335 e. The third-order valence-corrected chi connectivity index (χ3v) is 7.51. The van der Waals surface area contributed by atoms with Crippen molar-refractivity contribution >= 4 is 34.5 Å². The first kappa shape index (κ1) is 22.7. The molecule has 32 heavy (non-hydrogen) atoms. The fraction of sp³-hybridized carbons (Fsp3) is 0.478. The van der Waals surface area contributed by atoms with Crippen LogP contribution in [0.25, 0.3) is 0 Å². The number of carboxylic acid groups (broad SMARTS) is 1. The Labute approximate surface area is 191 Å². The van der Waals surface area contributed by atoms with E-state index in [0.717, 1.165) is 37.2 Å². The molecule has 3 heterocycles. The molecule has 3 atom stereocenters. The summed E-state index contributed by atoms with van der Waals surface area (Å²) in [4.78, 5) is 40.7. The number of hydrogen-bond acceptors (Lipinski definition) is 7. The number of hydrazone groups is 1. The van der Waals surface area contributed by atoms with E-state index in [0.29, 0.717) is 18.7 Å². The molecule has 1 aromatic carbocycles. The van der Waals surface area contributed by atoms with Crippen LogP contribution in [0, 0.1) is 5.92 Å². The van der Waals surface area contributed by atoms with Crippen molar-refractivity contribution in [2.75, 3.05) is 33.2 Å². The van der Waals surface area contributed by atoms with E-state index in [1.807, 2.05) is 4.90 Å². The van der Waals surface area contributed by atoms with E-state index >= 15 is 0 Å². The standard InChI is InChI=1S/C23H28N4O4S/c1-14-12-26(2)9-7-18(14)24-25-22(29)21(15-3-5-16(6-4-15)23(30)31)27-10-8-19-17(13-27)11-20(28)32-19/h3-6,11,14,19,21H,7-10,12-13H2,1-2H3,(H,25,29)(H,30,31)/b24-18+. The molecule has 0 aromatic heterocycles. The summed E-state index contributed by atoms with van der Waals surface area (Å²) in [7, 11) is 2.08. The van der Waals surface area contributed by atoms with Crippen molar-refractivity contribution in [3.8, 4) is 0 Å². The van der Waals surface area contributed by atoms with E-state index in [9.17, 15) is 19.5 Å². The van der Waals surface area contributed by atoms with E-state index in [1.165, 1.54) is 23.9 Å². The molecule has 0 spiro atoms. The molecule has 8 nitrogen and oxygen atoms in total. The molecule has 2 N–H and O–H groups in total. The number of benzene rings is 1. The quantitative estimate of drug-likeness (QED) is 0.655. The maximum atomic E-state index is 13.4. The number of rotatable bonds is 5. The van der Waals surface area contributed by atoms with Crippen LogP contribution >= 0.6 is 11.8 Å². The molecule has 1 amide bonds. The Bertz CT molecular complexity index is 975. The third-order valence-electron chi connectivity index (χ3n) is 6.34. The molecule has 0 bridgehead atoms. The van der Waals surface area contributed by atoms with Crippen LogP contribution in [0.2, 0.25) is 0 Å². The number of carbonyl (C=O) groups excluding carboxylic acids is 2. The lowest BCUT2D eigenvalue weighted by Gasteiger charge is -2.36. The molecule has 2 fully saturated rings. The van der Waals surface area contributed by atoms with Crippen molar-refractivity contribution in [1.82, 2.24) is 15.2 Å². The van der Waals surface area contributed by atoms with Crippen molar-refractivity contribution < 1.29 is 19.5 Å². The molecule has 0 saturated carbocycles. The Morgan fingerprint density at radius 3 is 2.69 bits per heavy atom. The number of piperidine rings is 2. The summed E-state index contributed by atoms with van der Waals surface area (Å²) in [6.45, 7) is 5.11. The Kier molecular flexibility index (Phi) is 6.78. The van der Waals surface area contributed by atoms with Crippen molar-refractivity contribution in [1.29, 1.82) is 0 Å². The molecule has 0 aliphatic carbocycles. The number of carboxylic acids is 1. The van der Waals surface area contributed by atoms with Gasteiger partial charge >= 0.3 is 5.97 Å². The number of nitrogens with one attached hydrogen (secondary N) is 1. The van der Waals surface area contributed by atoms with Gasteiger partial charge in [0.25, 0.3) is 5.91 Å². The topological polar surface area (TPSA) is 102 Å². The second-order valence-electron chi connectivity index (χ2n) is 8.73. The van der Waals surface area contributed by atoms with Crippen LogP contribution in [-0.4, -0.2) is 76.1 Å². The number of fused-ring (bicyclic) bond motifs is 1. The summed E-state index contributed by atoms with van der Waals surface area (Å²) < 4.78 is 0. The van der Waals surface area contributed by atoms with E-state index in [-0.39, 0.29) is 27.8 Å². The highest BCUT2D eigenvalue weighted by atomic mass is 32.2. The Balaban J connectivity index is 1.57. The van der Waals surface area contributed by atoms with Gasteiger partial charge in [-0.15, -0.1) is 0 Å². The zero-order chi connectivity index (χ0) is 22.8. The zero-order valence-electron chi connectivity index (χ0n) is 18.3. The van der Waals surface area contributed by atoms with Gasteiger partial charge in [0.05, 0.1) is 5.56 Å². The maximum absolute atomic E-state index is 13.4. The molecule has 3 aliphatic rings. The minimum Gasteiger partial charge on any atom is -0.478 e. The SMILES string of the molecule is CC1CN(C)CC/C1=N\NC(=O)C(c1ccc(C(=O)O)cc1)N1CCC2SC(=O)C=C2C1. The van der Waals surface area contributed by atoms with Crippen molar-refractivity contribution in [2.45, 2.75) is 31.1 Å². The van der Waals surface area contributed by atoms with E-state index < -0.39 is 12.0 Å². The normalized spacial score (nSPS) is 26.5. The predicted molar refractivity (Wildman–Crippen MR) is 124 cm³/mol. The minimum absolute atomic E-state index is 0.0707. The van der Waals surface area contributed by atoms with Gasteiger partial charge in [-0.2, -0.15) is 5.10 Å². The molecule has 0 radical (unpaired) electrons. The molecule has 170 valence electrons. The first-order valence-electron chi connectivity index (χ1n) is 10.8. The summed E-state index contributed by atoms with van der Waals surface area (Å²) in [5, 5.41) is 13.9. The fourth-order valence-electron chi connectivity index (χ4n) is 4.61. The number of hydrogen-bond donors (Lipinski definition) is 2. The van der Waals surface area contributed by atoms with Crippen LogP contribution in [-0.2, 0) is 9.59 Å². The average molecular weight is 457 g/mol. The van der Waals surface area contributed by atoms with Crippen LogP contribution < -0.4 is 5.43 Å². The van der Waals surface area contributed by atoms with Crippen molar-refractivity contribution in [3.63, 3.8) is 0 Å². The molecule has 3 unspecified atom stereocenters. The lowest BCUT2D eigenvalue weighted by Crippen LogP contribution is -2.45. The van der Waals surface area contributed by atoms with Gasteiger partial charge in [0.1, 0.15) is 6.04 Å². The van der Waals surface area contributed by atoms with Gasteiger partial charge in [-0.25, -0.2) is 10.2 Å². The lowest BCUT2D eigenvalue weighted by atomic mass is 9.97. The second kappa shape index (κ2) is 9.56.